The van der Waals surface area contributed by atoms with Gasteiger partial charge in [0.05, 0.1) is 7.11 Å². The molecule has 1 saturated carbocycles. The van der Waals surface area contributed by atoms with Crippen molar-refractivity contribution >= 4 is 17.6 Å². The number of rotatable bonds is 5. The summed E-state index contributed by atoms with van der Waals surface area (Å²) in [7, 11) is 1.59. The largest absolute Gasteiger partial charge is 0.496 e. The monoisotopic (exact) mass is 269 g/mol. The van der Waals surface area contributed by atoms with Crippen LogP contribution in [0.15, 0.2) is 18.2 Å². The van der Waals surface area contributed by atoms with Gasteiger partial charge in [-0.15, -0.1) is 0 Å². The first-order valence-corrected chi connectivity index (χ1v) is 6.26. The molecular formula is C13H16ClNO3. The summed E-state index contributed by atoms with van der Waals surface area (Å²) in [4.78, 5) is 11.2. The van der Waals surface area contributed by atoms with Crippen LogP contribution in [0, 0.1) is 0 Å². The van der Waals surface area contributed by atoms with E-state index in [2.05, 4.69) is 5.32 Å². The maximum atomic E-state index is 11.2. The van der Waals surface area contributed by atoms with Crippen molar-refractivity contribution in [2.24, 2.45) is 0 Å². The molecule has 2 N–H and O–H groups in total. The summed E-state index contributed by atoms with van der Waals surface area (Å²) < 4.78 is 5.23. The van der Waals surface area contributed by atoms with Crippen LogP contribution in [-0.4, -0.2) is 23.7 Å². The molecule has 1 aromatic carbocycles. The number of benzene rings is 1. The first-order chi connectivity index (χ1) is 8.57. The number of halogens is 1. The Kier molecular flexibility index (Phi) is 3.78. The van der Waals surface area contributed by atoms with Crippen molar-refractivity contribution in [3.63, 3.8) is 0 Å². The molecule has 98 valence electrons. The Balaban J connectivity index is 2.10. The normalized spacial score (nSPS) is 17.0. The molecule has 0 amide bonds. The Bertz CT molecular complexity index is 458. The van der Waals surface area contributed by atoms with Gasteiger partial charge in [0, 0.05) is 17.1 Å². The summed E-state index contributed by atoms with van der Waals surface area (Å²) in [6.07, 6.45) is 2.29. The second kappa shape index (κ2) is 5.16. The number of carboxylic acids is 1. The molecule has 0 bridgehead atoms. The highest BCUT2D eigenvalue weighted by atomic mass is 35.5. The average Bonchev–Trinajstić information content (AvgIpc) is 2.27. The Morgan fingerprint density at radius 2 is 2.28 bits per heavy atom. The fourth-order valence-electron chi connectivity index (χ4n) is 2.15. The third-order valence-electron chi connectivity index (χ3n) is 3.48. The van der Waals surface area contributed by atoms with E-state index >= 15 is 0 Å². The number of hydrogen-bond acceptors (Lipinski definition) is 3. The predicted octanol–water partition coefficient (Wildman–Crippen LogP) is 2.45. The van der Waals surface area contributed by atoms with Crippen LogP contribution in [0.2, 0.25) is 5.02 Å². The third kappa shape index (κ3) is 2.44. The van der Waals surface area contributed by atoms with Crippen LogP contribution in [0.3, 0.4) is 0 Å². The number of hydrogen-bond donors (Lipinski definition) is 2. The topological polar surface area (TPSA) is 58.6 Å². The molecule has 4 nitrogen and oxygen atoms in total. The van der Waals surface area contributed by atoms with E-state index in [9.17, 15) is 9.90 Å². The van der Waals surface area contributed by atoms with Gasteiger partial charge in [-0.2, -0.15) is 0 Å². The number of ether oxygens (including phenoxy) is 1. The summed E-state index contributed by atoms with van der Waals surface area (Å²) in [6.45, 7) is 0.441. The molecular weight excluding hydrogens is 254 g/mol. The van der Waals surface area contributed by atoms with E-state index in [4.69, 9.17) is 16.3 Å². The van der Waals surface area contributed by atoms with E-state index in [0.717, 1.165) is 12.0 Å². The third-order valence-corrected chi connectivity index (χ3v) is 3.71. The van der Waals surface area contributed by atoms with Crippen LogP contribution in [0.5, 0.6) is 5.75 Å². The van der Waals surface area contributed by atoms with Crippen molar-refractivity contribution in [2.45, 2.75) is 31.3 Å². The Morgan fingerprint density at radius 1 is 1.56 bits per heavy atom. The van der Waals surface area contributed by atoms with Crippen LogP contribution in [0.25, 0.3) is 0 Å². The Hall–Kier alpha value is -1.26. The minimum absolute atomic E-state index is 0.441. The van der Waals surface area contributed by atoms with E-state index in [1.165, 1.54) is 0 Å². The van der Waals surface area contributed by atoms with Gasteiger partial charge < -0.3 is 9.84 Å². The van der Waals surface area contributed by atoms with Gasteiger partial charge >= 0.3 is 5.97 Å². The molecule has 1 aliphatic carbocycles. The van der Waals surface area contributed by atoms with Crippen LogP contribution in [0.1, 0.15) is 24.8 Å². The standard InChI is InChI=1S/C13H16ClNO3/c1-18-11-4-3-10(14)7-9(11)8-15-13(12(16)17)5-2-6-13/h3-4,7,15H,2,5-6,8H2,1H3,(H,16,17). The van der Waals surface area contributed by atoms with E-state index in [1.807, 2.05) is 0 Å². The second-order valence-electron chi connectivity index (χ2n) is 4.55. The molecule has 2 rings (SSSR count). The van der Waals surface area contributed by atoms with Crippen molar-refractivity contribution in [3.05, 3.63) is 28.8 Å². The lowest BCUT2D eigenvalue weighted by Gasteiger charge is -2.38. The summed E-state index contributed by atoms with van der Waals surface area (Å²) in [5.74, 6) is -0.0680. The SMILES string of the molecule is COc1ccc(Cl)cc1CNC1(C(=O)O)CCC1. The first-order valence-electron chi connectivity index (χ1n) is 5.88. The summed E-state index contributed by atoms with van der Waals surface area (Å²) in [6, 6.07) is 5.33. The Morgan fingerprint density at radius 3 is 2.78 bits per heavy atom. The zero-order chi connectivity index (χ0) is 13.2. The highest BCUT2D eigenvalue weighted by molar-refractivity contribution is 6.30. The van der Waals surface area contributed by atoms with Crippen LogP contribution >= 0.6 is 11.6 Å². The lowest BCUT2D eigenvalue weighted by molar-refractivity contribution is -0.148. The van der Waals surface area contributed by atoms with Gasteiger partial charge in [0.2, 0.25) is 0 Å². The van der Waals surface area contributed by atoms with Crippen molar-refractivity contribution in [3.8, 4) is 5.75 Å². The quantitative estimate of drug-likeness (QED) is 0.862. The van der Waals surface area contributed by atoms with Crippen molar-refractivity contribution in [2.75, 3.05) is 7.11 Å². The van der Waals surface area contributed by atoms with Gasteiger partial charge in [-0.05, 0) is 37.5 Å². The number of carboxylic acid groups (broad SMARTS) is 1. The van der Waals surface area contributed by atoms with Crippen molar-refractivity contribution in [1.82, 2.24) is 5.32 Å². The molecule has 1 fully saturated rings. The molecule has 0 unspecified atom stereocenters. The number of nitrogens with one attached hydrogen (secondary N) is 1. The first kappa shape index (κ1) is 13.2. The van der Waals surface area contributed by atoms with Crippen LogP contribution < -0.4 is 10.1 Å². The van der Waals surface area contributed by atoms with E-state index in [-0.39, 0.29) is 0 Å². The molecule has 5 heteroatoms. The zero-order valence-corrected chi connectivity index (χ0v) is 11.0. The van der Waals surface area contributed by atoms with Crippen molar-refractivity contribution < 1.29 is 14.6 Å². The lowest BCUT2D eigenvalue weighted by Crippen LogP contribution is -2.56. The maximum absolute atomic E-state index is 11.2. The molecule has 0 saturated heterocycles. The van der Waals surface area contributed by atoms with E-state index in [1.54, 1.807) is 25.3 Å². The molecule has 0 heterocycles. The molecule has 0 atom stereocenters. The second-order valence-corrected chi connectivity index (χ2v) is 4.99. The maximum Gasteiger partial charge on any atom is 0.323 e. The summed E-state index contributed by atoms with van der Waals surface area (Å²) in [5.41, 5.74) is 0.102. The highest BCUT2D eigenvalue weighted by Crippen LogP contribution is 2.33. The average molecular weight is 270 g/mol. The van der Waals surface area contributed by atoms with Crippen LogP contribution in [0.4, 0.5) is 0 Å². The molecule has 0 spiro atoms. The van der Waals surface area contributed by atoms with Gasteiger partial charge in [-0.3, -0.25) is 10.1 Å². The van der Waals surface area contributed by atoms with Gasteiger partial charge in [0.1, 0.15) is 11.3 Å². The fourth-order valence-corrected chi connectivity index (χ4v) is 2.34. The van der Waals surface area contributed by atoms with Gasteiger partial charge in [-0.1, -0.05) is 11.6 Å². The smallest absolute Gasteiger partial charge is 0.323 e. The van der Waals surface area contributed by atoms with Gasteiger partial charge in [-0.25, -0.2) is 0 Å². The molecule has 0 aromatic heterocycles. The highest BCUT2D eigenvalue weighted by Gasteiger charge is 2.43. The number of aliphatic carboxylic acids is 1. The minimum atomic E-state index is -0.783. The van der Waals surface area contributed by atoms with E-state index < -0.39 is 11.5 Å². The molecule has 0 aliphatic heterocycles. The van der Waals surface area contributed by atoms with Gasteiger partial charge in [0.25, 0.3) is 0 Å². The molecule has 0 radical (unpaired) electrons. The molecule has 1 aliphatic rings. The summed E-state index contributed by atoms with van der Waals surface area (Å²) >= 11 is 5.93. The fraction of sp³-hybridized carbons (Fsp3) is 0.462. The number of carbonyl (C=O) groups is 1. The zero-order valence-electron chi connectivity index (χ0n) is 10.2. The summed E-state index contributed by atoms with van der Waals surface area (Å²) in [5, 5.41) is 13.0. The lowest BCUT2D eigenvalue weighted by atomic mass is 9.76. The minimum Gasteiger partial charge on any atom is -0.496 e. The van der Waals surface area contributed by atoms with Crippen molar-refractivity contribution in [1.29, 1.82) is 0 Å². The van der Waals surface area contributed by atoms with Gasteiger partial charge in [0.15, 0.2) is 0 Å². The predicted molar refractivity (Wildman–Crippen MR) is 69.1 cm³/mol. The molecule has 1 aromatic rings. The number of methoxy groups -OCH3 is 1. The van der Waals surface area contributed by atoms with Crippen LogP contribution in [-0.2, 0) is 11.3 Å². The molecule has 18 heavy (non-hydrogen) atoms. The van der Waals surface area contributed by atoms with E-state index in [0.29, 0.717) is 30.2 Å². The Labute approximate surface area is 111 Å².